The third-order valence-corrected chi connectivity index (χ3v) is 6.44. The van der Waals surface area contributed by atoms with E-state index in [2.05, 4.69) is 0 Å². The molecule has 23 heavy (non-hydrogen) atoms. The molecule has 2 saturated heterocycles. The summed E-state index contributed by atoms with van der Waals surface area (Å²) in [5.41, 5.74) is 5.22. The molecular weight excluding hydrogens is 320 g/mol. The molecule has 0 saturated carbocycles. The second-order valence-electron chi connectivity index (χ2n) is 6.38. The molecule has 0 aromatic heterocycles. The van der Waals surface area contributed by atoms with Gasteiger partial charge in [-0.3, -0.25) is 4.79 Å². The minimum Gasteiger partial charge on any atom is -0.379 e. The van der Waals surface area contributed by atoms with E-state index in [9.17, 15) is 13.2 Å². The molecule has 2 N–H and O–H groups in total. The number of ether oxygens (including phenoxy) is 1. The number of carbonyl (C=O) groups is 1. The number of hydrogen-bond donors (Lipinski definition) is 1. The van der Waals surface area contributed by atoms with Gasteiger partial charge in [0.15, 0.2) is 0 Å². The highest BCUT2D eigenvalue weighted by Gasteiger charge is 2.37. The summed E-state index contributed by atoms with van der Waals surface area (Å²) in [5, 5.41) is 0. The zero-order valence-corrected chi connectivity index (χ0v) is 14.8. The second-order valence-corrected chi connectivity index (χ2v) is 8.31. The van der Waals surface area contributed by atoms with Crippen LogP contribution in [0.4, 0.5) is 0 Å². The predicted octanol–water partition coefficient (Wildman–Crippen LogP) is -0.775. The average molecular weight is 348 g/mol. The fourth-order valence-electron chi connectivity index (χ4n) is 3.05. The topological polar surface area (TPSA) is 96.2 Å². The van der Waals surface area contributed by atoms with Gasteiger partial charge in [-0.1, -0.05) is 13.3 Å². The molecule has 2 fully saturated rings. The minimum absolute atomic E-state index is 0.0947. The smallest absolute Gasteiger partial charge is 0.282 e. The van der Waals surface area contributed by atoms with Crippen LogP contribution in [0, 0.1) is 0 Å². The molecule has 134 valence electrons. The zero-order valence-electron chi connectivity index (χ0n) is 14.0. The average Bonchev–Trinajstić information content (AvgIpc) is 2.55. The first-order valence-corrected chi connectivity index (χ1v) is 9.60. The number of hydrogen-bond acceptors (Lipinski definition) is 5. The molecule has 0 radical (unpaired) electrons. The van der Waals surface area contributed by atoms with Crippen LogP contribution >= 0.6 is 0 Å². The van der Waals surface area contributed by atoms with Gasteiger partial charge in [-0.15, -0.1) is 0 Å². The van der Waals surface area contributed by atoms with Crippen LogP contribution in [0.15, 0.2) is 0 Å². The molecule has 2 aliphatic rings. The molecular formula is C14H28N4O4S. The van der Waals surface area contributed by atoms with Crippen molar-refractivity contribution in [2.24, 2.45) is 5.73 Å². The highest BCUT2D eigenvalue weighted by molar-refractivity contribution is 7.86. The molecule has 2 aliphatic heterocycles. The van der Waals surface area contributed by atoms with Gasteiger partial charge in [0.05, 0.1) is 18.8 Å². The minimum atomic E-state index is -3.46. The van der Waals surface area contributed by atoms with E-state index in [-0.39, 0.29) is 5.91 Å². The SMILES string of the molecule is CCCC(C)(N)C(=O)N1CCN(S(=O)(=O)N2CCOCC2)CC1. The number of nitrogens with two attached hydrogens (primary N) is 1. The first kappa shape index (κ1) is 18.6. The highest BCUT2D eigenvalue weighted by Crippen LogP contribution is 2.17. The maximum atomic E-state index is 12.6. The van der Waals surface area contributed by atoms with Crippen molar-refractivity contribution in [1.29, 1.82) is 0 Å². The molecule has 0 aromatic rings. The van der Waals surface area contributed by atoms with Crippen LogP contribution in [0.3, 0.4) is 0 Å². The Bertz CT molecular complexity index is 509. The van der Waals surface area contributed by atoms with E-state index in [0.29, 0.717) is 58.9 Å². The summed E-state index contributed by atoms with van der Waals surface area (Å²) in [4.78, 5) is 14.2. The lowest BCUT2D eigenvalue weighted by Crippen LogP contribution is -2.60. The number of carbonyl (C=O) groups excluding carboxylic acids is 1. The molecule has 0 bridgehead atoms. The molecule has 1 unspecified atom stereocenters. The lowest BCUT2D eigenvalue weighted by Gasteiger charge is -2.39. The zero-order chi connectivity index (χ0) is 17.1. The van der Waals surface area contributed by atoms with Gasteiger partial charge in [-0.25, -0.2) is 0 Å². The Hall–Kier alpha value is -0.740. The Labute approximate surface area is 138 Å². The van der Waals surface area contributed by atoms with Crippen molar-refractivity contribution in [3.05, 3.63) is 0 Å². The van der Waals surface area contributed by atoms with Gasteiger partial charge in [-0.2, -0.15) is 17.0 Å². The van der Waals surface area contributed by atoms with Crippen LogP contribution < -0.4 is 5.73 Å². The fourth-order valence-corrected chi connectivity index (χ4v) is 4.61. The standard InChI is InChI=1S/C14H28N4O4S/c1-3-4-14(2,15)13(19)16-5-7-17(8-6-16)23(20,21)18-9-11-22-12-10-18/h3-12,15H2,1-2H3. The van der Waals surface area contributed by atoms with E-state index in [1.54, 1.807) is 11.8 Å². The molecule has 0 spiro atoms. The van der Waals surface area contributed by atoms with E-state index >= 15 is 0 Å². The van der Waals surface area contributed by atoms with Crippen LogP contribution in [0.25, 0.3) is 0 Å². The summed E-state index contributed by atoms with van der Waals surface area (Å²) in [6.07, 6.45) is 1.46. The predicted molar refractivity (Wildman–Crippen MR) is 87.0 cm³/mol. The van der Waals surface area contributed by atoms with Crippen LogP contribution in [0.5, 0.6) is 0 Å². The molecule has 1 amide bonds. The van der Waals surface area contributed by atoms with Crippen molar-refractivity contribution in [2.45, 2.75) is 32.2 Å². The van der Waals surface area contributed by atoms with Gasteiger partial charge in [-0.05, 0) is 13.3 Å². The van der Waals surface area contributed by atoms with E-state index < -0.39 is 15.7 Å². The summed E-state index contributed by atoms with van der Waals surface area (Å²) >= 11 is 0. The van der Waals surface area contributed by atoms with Crippen molar-refractivity contribution < 1.29 is 17.9 Å². The first-order chi connectivity index (χ1) is 10.8. The van der Waals surface area contributed by atoms with Crippen LogP contribution in [-0.2, 0) is 19.7 Å². The van der Waals surface area contributed by atoms with E-state index in [1.807, 2.05) is 6.92 Å². The third kappa shape index (κ3) is 4.21. The van der Waals surface area contributed by atoms with Crippen molar-refractivity contribution in [1.82, 2.24) is 13.5 Å². The van der Waals surface area contributed by atoms with Gasteiger partial charge in [0.2, 0.25) is 5.91 Å². The Morgan fingerprint density at radius 3 is 2.13 bits per heavy atom. The normalized spacial score (nSPS) is 24.4. The lowest BCUT2D eigenvalue weighted by atomic mass is 9.95. The number of piperazine rings is 1. The van der Waals surface area contributed by atoms with Crippen molar-refractivity contribution in [3.63, 3.8) is 0 Å². The van der Waals surface area contributed by atoms with Crippen molar-refractivity contribution in [3.8, 4) is 0 Å². The van der Waals surface area contributed by atoms with E-state index in [4.69, 9.17) is 10.5 Å². The molecule has 1 atom stereocenters. The van der Waals surface area contributed by atoms with Crippen LogP contribution in [0.1, 0.15) is 26.7 Å². The monoisotopic (exact) mass is 348 g/mol. The van der Waals surface area contributed by atoms with Crippen LogP contribution in [-0.4, -0.2) is 85.9 Å². The summed E-state index contributed by atoms with van der Waals surface area (Å²) in [5.74, 6) is -0.0947. The third-order valence-electron chi connectivity index (χ3n) is 4.41. The molecule has 8 nitrogen and oxygen atoms in total. The molecule has 0 aliphatic carbocycles. The summed E-state index contributed by atoms with van der Waals surface area (Å²) in [6.45, 7) is 6.78. The van der Waals surface area contributed by atoms with Gasteiger partial charge in [0.1, 0.15) is 0 Å². The number of morpholine rings is 1. The van der Waals surface area contributed by atoms with Gasteiger partial charge < -0.3 is 15.4 Å². The van der Waals surface area contributed by atoms with E-state index in [1.165, 1.54) is 8.61 Å². The summed E-state index contributed by atoms with van der Waals surface area (Å²) in [6, 6.07) is 0. The largest absolute Gasteiger partial charge is 0.379 e. The van der Waals surface area contributed by atoms with Gasteiger partial charge in [0, 0.05) is 39.3 Å². The first-order valence-electron chi connectivity index (χ1n) is 8.20. The van der Waals surface area contributed by atoms with Crippen LogP contribution in [0.2, 0.25) is 0 Å². The number of nitrogens with zero attached hydrogens (tertiary/aromatic N) is 3. The molecule has 0 aromatic carbocycles. The quantitative estimate of drug-likeness (QED) is 0.703. The summed E-state index contributed by atoms with van der Waals surface area (Å²) < 4.78 is 33.3. The Balaban J connectivity index is 1.94. The second kappa shape index (κ2) is 7.43. The van der Waals surface area contributed by atoms with Crippen molar-refractivity contribution >= 4 is 16.1 Å². The molecule has 9 heteroatoms. The van der Waals surface area contributed by atoms with E-state index in [0.717, 1.165) is 6.42 Å². The maximum absolute atomic E-state index is 12.6. The maximum Gasteiger partial charge on any atom is 0.282 e. The molecule has 2 heterocycles. The Morgan fingerprint density at radius 1 is 1.09 bits per heavy atom. The van der Waals surface area contributed by atoms with Gasteiger partial charge in [0.25, 0.3) is 10.2 Å². The van der Waals surface area contributed by atoms with Gasteiger partial charge >= 0.3 is 0 Å². The Morgan fingerprint density at radius 2 is 1.61 bits per heavy atom. The number of amides is 1. The van der Waals surface area contributed by atoms with Crippen molar-refractivity contribution in [2.75, 3.05) is 52.5 Å². The highest BCUT2D eigenvalue weighted by atomic mass is 32.2. The lowest BCUT2D eigenvalue weighted by molar-refractivity contribution is -0.137. The summed E-state index contributed by atoms with van der Waals surface area (Å²) in [7, 11) is -3.46. The number of rotatable bonds is 5. The fraction of sp³-hybridized carbons (Fsp3) is 0.929. The molecule has 2 rings (SSSR count). The Kier molecular flexibility index (Phi) is 6.01.